The summed E-state index contributed by atoms with van der Waals surface area (Å²) in [6.07, 6.45) is 4.30. The topological polar surface area (TPSA) is 67.4 Å². The van der Waals surface area contributed by atoms with Gasteiger partial charge in [0.05, 0.1) is 23.9 Å². The van der Waals surface area contributed by atoms with Gasteiger partial charge in [0.25, 0.3) is 0 Å². The van der Waals surface area contributed by atoms with Crippen LogP contribution in [0.5, 0.6) is 5.75 Å². The Hall–Kier alpha value is -2.47. The van der Waals surface area contributed by atoms with Crippen LogP contribution < -0.4 is 10.1 Å². The zero-order valence-electron chi connectivity index (χ0n) is 15.0. The molecule has 1 amide bonds. The molecule has 0 aromatic carbocycles. The van der Waals surface area contributed by atoms with Gasteiger partial charge in [-0.15, -0.1) is 0 Å². The van der Waals surface area contributed by atoms with Gasteiger partial charge in [-0.2, -0.15) is 0 Å². The van der Waals surface area contributed by atoms with Gasteiger partial charge in [0.2, 0.25) is 5.91 Å². The Morgan fingerprint density at radius 3 is 3.08 bits per heavy atom. The summed E-state index contributed by atoms with van der Waals surface area (Å²) in [5.41, 5.74) is 1.73. The first kappa shape index (κ1) is 17.0. The van der Waals surface area contributed by atoms with Gasteiger partial charge in [0, 0.05) is 37.4 Å². The zero-order valence-corrected chi connectivity index (χ0v) is 15.0. The molecule has 26 heavy (non-hydrogen) atoms. The van der Waals surface area contributed by atoms with Crippen molar-refractivity contribution in [3.63, 3.8) is 0 Å². The molecule has 0 radical (unpaired) electrons. The summed E-state index contributed by atoms with van der Waals surface area (Å²) >= 11 is 0. The van der Waals surface area contributed by atoms with Crippen LogP contribution in [-0.2, 0) is 11.3 Å². The van der Waals surface area contributed by atoms with E-state index in [0.29, 0.717) is 13.2 Å². The van der Waals surface area contributed by atoms with Crippen LogP contribution >= 0.6 is 0 Å². The van der Waals surface area contributed by atoms with E-state index in [0.717, 1.165) is 43.2 Å². The van der Waals surface area contributed by atoms with Gasteiger partial charge in [-0.05, 0) is 44.2 Å². The number of likely N-dealkylation sites (tertiary alicyclic amines) is 1. The number of carbonyl (C=O) groups excluding carboxylic acids is 1. The van der Waals surface area contributed by atoms with E-state index < -0.39 is 0 Å². The second kappa shape index (κ2) is 7.03. The third kappa shape index (κ3) is 3.29. The standard InChI is InChI=1S/C20H24N4O2/c1-15-4-2-5-17(23-15)12-24-9-7-20(14-24)16(10-22-19(20)25)13-26-18-6-3-8-21-11-18/h2-6,8,11,16H,7,9-10,12-14H2,1H3,(H,22,25)/t16-,20+/m1/s1. The van der Waals surface area contributed by atoms with Crippen molar-refractivity contribution in [1.29, 1.82) is 0 Å². The SMILES string of the molecule is Cc1cccc(CN2CC[C@@]3(C2)C(=O)NC[C@@H]3COc2cccnc2)n1. The van der Waals surface area contributed by atoms with Crippen LogP contribution in [-0.4, -0.2) is 47.0 Å². The first-order valence-corrected chi connectivity index (χ1v) is 9.12. The van der Waals surface area contributed by atoms with Gasteiger partial charge in [-0.3, -0.25) is 19.7 Å². The average Bonchev–Trinajstić information content (AvgIpc) is 3.20. The number of nitrogens with zero attached hydrogens (tertiary/aromatic N) is 3. The van der Waals surface area contributed by atoms with Crippen molar-refractivity contribution in [2.24, 2.45) is 11.3 Å². The minimum absolute atomic E-state index is 0.164. The van der Waals surface area contributed by atoms with Gasteiger partial charge < -0.3 is 10.1 Å². The molecule has 6 nitrogen and oxygen atoms in total. The number of aryl methyl sites for hydroxylation is 1. The normalized spacial score (nSPS) is 25.6. The largest absolute Gasteiger partial charge is 0.492 e. The molecule has 2 fully saturated rings. The molecule has 2 aliphatic rings. The van der Waals surface area contributed by atoms with Gasteiger partial charge in [0.1, 0.15) is 5.75 Å². The van der Waals surface area contributed by atoms with E-state index in [1.54, 1.807) is 12.4 Å². The van der Waals surface area contributed by atoms with E-state index in [1.165, 1.54) is 0 Å². The molecule has 0 unspecified atom stereocenters. The fraction of sp³-hybridized carbons (Fsp3) is 0.450. The minimum Gasteiger partial charge on any atom is -0.492 e. The molecule has 0 bridgehead atoms. The van der Waals surface area contributed by atoms with Crippen molar-refractivity contribution < 1.29 is 9.53 Å². The van der Waals surface area contributed by atoms with Crippen LogP contribution in [0.1, 0.15) is 17.8 Å². The Morgan fingerprint density at radius 2 is 2.27 bits per heavy atom. The molecule has 6 heteroatoms. The quantitative estimate of drug-likeness (QED) is 0.889. The molecule has 2 aliphatic heterocycles. The molecule has 136 valence electrons. The molecule has 2 saturated heterocycles. The molecule has 2 atom stereocenters. The van der Waals surface area contributed by atoms with Crippen molar-refractivity contribution in [2.75, 3.05) is 26.2 Å². The summed E-state index contributed by atoms with van der Waals surface area (Å²) in [5.74, 6) is 1.09. The van der Waals surface area contributed by atoms with Crippen molar-refractivity contribution in [1.82, 2.24) is 20.2 Å². The van der Waals surface area contributed by atoms with Crippen LogP contribution in [0.15, 0.2) is 42.7 Å². The summed E-state index contributed by atoms with van der Waals surface area (Å²) < 4.78 is 5.91. The van der Waals surface area contributed by atoms with Gasteiger partial charge in [-0.1, -0.05) is 6.07 Å². The molecule has 2 aromatic rings. The number of pyridine rings is 2. The first-order chi connectivity index (χ1) is 12.7. The lowest BCUT2D eigenvalue weighted by molar-refractivity contribution is -0.128. The number of hydrogen-bond acceptors (Lipinski definition) is 5. The molecule has 2 aromatic heterocycles. The second-order valence-corrected chi connectivity index (χ2v) is 7.29. The fourth-order valence-electron chi connectivity index (χ4n) is 4.11. The lowest BCUT2D eigenvalue weighted by Gasteiger charge is -2.28. The molecule has 0 saturated carbocycles. The summed E-state index contributed by atoms with van der Waals surface area (Å²) in [5, 5.41) is 3.06. The molecular formula is C20H24N4O2. The Bertz CT molecular complexity index is 782. The summed E-state index contributed by atoms with van der Waals surface area (Å²) in [6.45, 7) is 5.66. The number of amides is 1. The third-order valence-corrected chi connectivity index (χ3v) is 5.54. The van der Waals surface area contributed by atoms with Gasteiger partial charge in [0.15, 0.2) is 0 Å². The van der Waals surface area contributed by atoms with Crippen molar-refractivity contribution in [2.45, 2.75) is 19.9 Å². The number of rotatable bonds is 5. The highest BCUT2D eigenvalue weighted by atomic mass is 16.5. The molecular weight excluding hydrogens is 328 g/mol. The Kier molecular flexibility index (Phi) is 4.59. The van der Waals surface area contributed by atoms with E-state index in [2.05, 4.69) is 26.3 Å². The molecule has 0 aliphatic carbocycles. The van der Waals surface area contributed by atoms with Crippen molar-refractivity contribution in [3.05, 3.63) is 54.1 Å². The summed E-state index contributed by atoms with van der Waals surface area (Å²) in [7, 11) is 0. The minimum atomic E-state index is -0.355. The van der Waals surface area contributed by atoms with E-state index in [-0.39, 0.29) is 17.2 Å². The van der Waals surface area contributed by atoms with Crippen LogP contribution in [0.3, 0.4) is 0 Å². The number of carbonyl (C=O) groups is 1. The first-order valence-electron chi connectivity index (χ1n) is 9.12. The number of hydrogen-bond donors (Lipinski definition) is 1. The second-order valence-electron chi connectivity index (χ2n) is 7.29. The number of ether oxygens (including phenoxy) is 1. The van der Waals surface area contributed by atoms with Gasteiger partial charge >= 0.3 is 0 Å². The lowest BCUT2D eigenvalue weighted by atomic mass is 9.77. The zero-order chi connectivity index (χ0) is 18.0. The number of nitrogens with one attached hydrogen (secondary N) is 1. The van der Waals surface area contributed by atoms with Crippen molar-refractivity contribution >= 4 is 5.91 Å². The van der Waals surface area contributed by atoms with Crippen LogP contribution in [0.25, 0.3) is 0 Å². The number of aromatic nitrogens is 2. The van der Waals surface area contributed by atoms with Crippen LogP contribution in [0.2, 0.25) is 0 Å². The maximum absolute atomic E-state index is 12.7. The highest BCUT2D eigenvalue weighted by Gasteiger charge is 2.54. The average molecular weight is 352 g/mol. The van der Waals surface area contributed by atoms with Crippen LogP contribution in [0.4, 0.5) is 0 Å². The highest BCUT2D eigenvalue weighted by molar-refractivity contribution is 5.86. The lowest BCUT2D eigenvalue weighted by Crippen LogP contribution is -2.40. The molecule has 4 heterocycles. The van der Waals surface area contributed by atoms with E-state index in [1.807, 2.05) is 31.2 Å². The Morgan fingerprint density at radius 1 is 1.35 bits per heavy atom. The molecule has 1 spiro atoms. The van der Waals surface area contributed by atoms with E-state index in [4.69, 9.17) is 4.74 Å². The van der Waals surface area contributed by atoms with E-state index >= 15 is 0 Å². The highest BCUT2D eigenvalue weighted by Crippen LogP contribution is 2.42. The van der Waals surface area contributed by atoms with Crippen LogP contribution in [0, 0.1) is 18.3 Å². The summed E-state index contributed by atoms with van der Waals surface area (Å²) in [6, 6.07) is 9.85. The Balaban J connectivity index is 1.43. The molecule has 1 N–H and O–H groups in total. The van der Waals surface area contributed by atoms with E-state index in [9.17, 15) is 4.79 Å². The Labute approximate surface area is 153 Å². The maximum atomic E-state index is 12.7. The van der Waals surface area contributed by atoms with Crippen molar-refractivity contribution in [3.8, 4) is 5.75 Å². The van der Waals surface area contributed by atoms with Gasteiger partial charge in [-0.25, -0.2) is 0 Å². The predicted molar refractivity (Wildman–Crippen MR) is 97.5 cm³/mol. The summed E-state index contributed by atoms with van der Waals surface area (Å²) in [4.78, 5) is 23.7. The fourth-order valence-corrected chi connectivity index (χ4v) is 4.11. The smallest absolute Gasteiger partial charge is 0.228 e. The molecule has 4 rings (SSSR count). The predicted octanol–water partition coefficient (Wildman–Crippen LogP) is 1.80. The third-order valence-electron chi connectivity index (χ3n) is 5.54. The maximum Gasteiger partial charge on any atom is 0.228 e. The monoisotopic (exact) mass is 352 g/mol.